The molecule has 0 N–H and O–H groups in total. The third-order valence-electron chi connectivity index (χ3n) is 3.44. The van der Waals surface area contributed by atoms with Crippen LogP contribution in [0.3, 0.4) is 0 Å². The van der Waals surface area contributed by atoms with E-state index in [0.717, 1.165) is 12.8 Å². The Hall–Kier alpha value is -1.51. The van der Waals surface area contributed by atoms with Crippen LogP contribution in [0.4, 0.5) is 0 Å². The molecular weight excluding hydrogens is 304 g/mol. The average molecular weight is 327 g/mol. The number of rotatable bonds is 7. The third-order valence-corrected chi connectivity index (χ3v) is 5.58. The van der Waals surface area contributed by atoms with E-state index >= 15 is 0 Å². The third kappa shape index (κ3) is 4.75. The summed E-state index contributed by atoms with van der Waals surface area (Å²) >= 11 is 3.56. The topological polar surface area (TPSA) is 0 Å². The summed E-state index contributed by atoms with van der Waals surface area (Å²) in [5.74, 6) is 0. The van der Waals surface area contributed by atoms with Gasteiger partial charge in [0.15, 0.2) is 0 Å². The Kier molecular flexibility index (Phi) is 6.29. The van der Waals surface area contributed by atoms with Crippen LogP contribution in [-0.2, 0) is 6.42 Å². The Morgan fingerprint density at radius 3 is 2.55 bits per heavy atom. The maximum absolute atomic E-state index is 4.19. The number of hydrogen-bond donors (Lipinski definition) is 0. The molecule has 2 rings (SSSR count). The predicted octanol–water partition coefficient (Wildman–Crippen LogP) is 7.02. The first-order chi connectivity index (χ1) is 10.6. The highest BCUT2D eigenvalue weighted by atomic mass is 32.2. The molecule has 2 aromatic rings. The van der Waals surface area contributed by atoms with Crippen LogP contribution in [-0.4, -0.2) is 0 Å². The molecule has 0 radical (unpaired) electrons. The van der Waals surface area contributed by atoms with Gasteiger partial charge < -0.3 is 0 Å². The van der Waals surface area contributed by atoms with Crippen LogP contribution >= 0.6 is 23.1 Å². The van der Waals surface area contributed by atoms with Crippen molar-refractivity contribution < 1.29 is 0 Å². The summed E-state index contributed by atoms with van der Waals surface area (Å²) in [6.45, 7) is 12.6. The zero-order valence-electron chi connectivity index (χ0n) is 13.3. The Bertz CT molecular complexity index is 675. The van der Waals surface area contributed by atoms with Crippen molar-refractivity contribution in [2.75, 3.05) is 0 Å². The SMILES string of the molecule is C=C(Cc1ccc(C(=C)CC)s1)S/C=C(\C)c1ccccc1. The fraction of sp³-hybridized carbons (Fsp3) is 0.200. The molecule has 1 aromatic heterocycles. The molecular formula is C20H22S2. The minimum atomic E-state index is 0.922. The van der Waals surface area contributed by atoms with Gasteiger partial charge in [0.05, 0.1) is 0 Å². The number of hydrogen-bond acceptors (Lipinski definition) is 2. The molecule has 114 valence electrons. The van der Waals surface area contributed by atoms with Crippen molar-refractivity contribution in [3.8, 4) is 0 Å². The monoisotopic (exact) mass is 326 g/mol. The van der Waals surface area contributed by atoms with E-state index in [2.05, 4.69) is 68.8 Å². The standard InChI is InChI=1S/C20H22S2/c1-5-15(2)20-12-11-19(22-20)13-17(4)21-14-16(3)18-9-7-6-8-10-18/h6-12,14H,2,4-5,13H2,1,3H3/b16-14+. The molecule has 0 aliphatic heterocycles. The van der Waals surface area contributed by atoms with Gasteiger partial charge in [-0.2, -0.15) is 0 Å². The summed E-state index contributed by atoms with van der Waals surface area (Å²) < 4.78 is 0. The van der Waals surface area contributed by atoms with E-state index in [1.165, 1.54) is 31.4 Å². The second-order valence-corrected chi connectivity index (χ2v) is 7.44. The molecule has 0 saturated heterocycles. The van der Waals surface area contributed by atoms with Gasteiger partial charge >= 0.3 is 0 Å². The zero-order chi connectivity index (χ0) is 15.9. The van der Waals surface area contributed by atoms with E-state index < -0.39 is 0 Å². The van der Waals surface area contributed by atoms with E-state index in [-0.39, 0.29) is 0 Å². The van der Waals surface area contributed by atoms with Gasteiger partial charge in [-0.1, -0.05) is 50.4 Å². The summed E-state index contributed by atoms with van der Waals surface area (Å²) in [4.78, 5) is 3.82. The van der Waals surface area contributed by atoms with Crippen LogP contribution in [0.25, 0.3) is 11.1 Å². The second-order valence-electron chi connectivity index (χ2n) is 5.22. The smallest absolute Gasteiger partial charge is 0.0299 e. The highest BCUT2D eigenvalue weighted by Gasteiger charge is 2.04. The summed E-state index contributed by atoms with van der Waals surface area (Å²) in [6, 6.07) is 14.8. The van der Waals surface area contributed by atoms with Crippen molar-refractivity contribution in [3.63, 3.8) is 0 Å². The predicted molar refractivity (Wildman–Crippen MR) is 104 cm³/mol. The molecule has 0 unspecified atom stereocenters. The van der Waals surface area contributed by atoms with Crippen molar-refractivity contribution >= 4 is 34.2 Å². The molecule has 22 heavy (non-hydrogen) atoms. The van der Waals surface area contributed by atoms with Crippen LogP contribution in [0.2, 0.25) is 0 Å². The van der Waals surface area contributed by atoms with Gasteiger partial charge in [-0.3, -0.25) is 0 Å². The highest BCUT2D eigenvalue weighted by molar-refractivity contribution is 8.05. The fourth-order valence-corrected chi connectivity index (χ4v) is 3.91. The molecule has 1 aromatic carbocycles. The Balaban J connectivity index is 1.93. The van der Waals surface area contributed by atoms with Crippen molar-refractivity contribution in [2.24, 2.45) is 0 Å². The van der Waals surface area contributed by atoms with Gasteiger partial charge in [-0.05, 0) is 52.5 Å². The lowest BCUT2D eigenvalue weighted by Gasteiger charge is -2.03. The Labute approximate surface area is 142 Å². The van der Waals surface area contributed by atoms with Gasteiger partial charge in [-0.15, -0.1) is 23.1 Å². The molecule has 0 spiro atoms. The molecule has 0 saturated carbocycles. The molecule has 0 aliphatic rings. The number of allylic oxidation sites excluding steroid dienone is 3. The number of benzene rings is 1. The molecule has 0 fully saturated rings. The van der Waals surface area contributed by atoms with E-state index in [0.29, 0.717) is 0 Å². The van der Waals surface area contributed by atoms with Crippen LogP contribution in [0, 0.1) is 0 Å². The van der Waals surface area contributed by atoms with Crippen molar-refractivity contribution in [2.45, 2.75) is 26.7 Å². The number of thiophene rings is 1. The second kappa shape index (κ2) is 8.21. The van der Waals surface area contributed by atoms with Crippen molar-refractivity contribution in [1.29, 1.82) is 0 Å². The Morgan fingerprint density at radius 2 is 1.86 bits per heavy atom. The summed E-state index contributed by atoms with van der Waals surface area (Å²) in [7, 11) is 0. The van der Waals surface area contributed by atoms with Crippen LogP contribution in [0.5, 0.6) is 0 Å². The summed E-state index contributed by atoms with van der Waals surface area (Å²) in [6.07, 6.45) is 1.93. The van der Waals surface area contributed by atoms with E-state index in [1.807, 2.05) is 17.4 Å². The molecule has 0 amide bonds. The first kappa shape index (κ1) is 16.9. The molecule has 1 heterocycles. The normalized spacial score (nSPS) is 11.5. The minimum absolute atomic E-state index is 0.922. The van der Waals surface area contributed by atoms with Crippen molar-refractivity contribution in [1.82, 2.24) is 0 Å². The average Bonchev–Trinajstić information content (AvgIpc) is 3.01. The van der Waals surface area contributed by atoms with Crippen LogP contribution in [0.15, 0.2) is 65.9 Å². The molecule has 0 aliphatic carbocycles. The van der Waals surface area contributed by atoms with Gasteiger partial charge in [0, 0.05) is 16.2 Å². The van der Waals surface area contributed by atoms with Gasteiger partial charge in [0.25, 0.3) is 0 Å². The van der Waals surface area contributed by atoms with Gasteiger partial charge in [0.2, 0.25) is 0 Å². The largest absolute Gasteiger partial charge is 0.140 e. The summed E-state index contributed by atoms with van der Waals surface area (Å²) in [5, 5.41) is 2.19. The fourth-order valence-electron chi connectivity index (χ4n) is 2.01. The van der Waals surface area contributed by atoms with E-state index in [1.54, 1.807) is 11.8 Å². The summed E-state index contributed by atoms with van der Waals surface area (Å²) in [5.41, 5.74) is 3.76. The molecule has 0 bridgehead atoms. The maximum atomic E-state index is 4.19. The van der Waals surface area contributed by atoms with E-state index in [9.17, 15) is 0 Å². The zero-order valence-corrected chi connectivity index (χ0v) is 14.9. The quantitative estimate of drug-likeness (QED) is 0.526. The van der Waals surface area contributed by atoms with Crippen LogP contribution in [0.1, 0.15) is 35.6 Å². The lowest BCUT2D eigenvalue weighted by atomic mass is 10.1. The highest BCUT2D eigenvalue weighted by Crippen LogP contribution is 2.30. The molecule has 2 heteroatoms. The van der Waals surface area contributed by atoms with Crippen LogP contribution < -0.4 is 0 Å². The molecule has 0 nitrogen and oxygen atoms in total. The first-order valence-electron chi connectivity index (χ1n) is 7.43. The maximum Gasteiger partial charge on any atom is 0.0299 e. The minimum Gasteiger partial charge on any atom is -0.140 e. The molecule has 0 atom stereocenters. The number of thioether (sulfide) groups is 1. The Morgan fingerprint density at radius 1 is 1.14 bits per heavy atom. The first-order valence-corrected chi connectivity index (χ1v) is 9.13. The lowest BCUT2D eigenvalue weighted by Crippen LogP contribution is -1.81. The van der Waals surface area contributed by atoms with Gasteiger partial charge in [0.1, 0.15) is 0 Å². The lowest BCUT2D eigenvalue weighted by molar-refractivity contribution is 1.26. The van der Waals surface area contributed by atoms with Gasteiger partial charge in [-0.25, -0.2) is 0 Å². The van der Waals surface area contributed by atoms with E-state index in [4.69, 9.17) is 0 Å². The van der Waals surface area contributed by atoms with Crippen molar-refractivity contribution in [3.05, 3.63) is 81.3 Å².